The Balaban J connectivity index is 1.84. The molecule has 0 bridgehead atoms. The summed E-state index contributed by atoms with van der Waals surface area (Å²) < 4.78 is 0. The van der Waals surface area contributed by atoms with E-state index < -0.39 is 0 Å². The lowest BCUT2D eigenvalue weighted by Gasteiger charge is -2.27. The van der Waals surface area contributed by atoms with E-state index in [0.29, 0.717) is 5.92 Å². The molecular formula is C19H17N. The second kappa shape index (κ2) is 4.77. The first kappa shape index (κ1) is 11.7. The van der Waals surface area contributed by atoms with Crippen molar-refractivity contribution in [2.75, 3.05) is 6.54 Å². The quantitative estimate of drug-likeness (QED) is 0.694. The van der Waals surface area contributed by atoms with Crippen molar-refractivity contribution >= 4 is 10.8 Å². The van der Waals surface area contributed by atoms with Gasteiger partial charge in [-0.05, 0) is 27.5 Å². The highest BCUT2D eigenvalue weighted by atomic mass is 14.9. The zero-order valence-electron chi connectivity index (χ0n) is 11.3. The van der Waals surface area contributed by atoms with Crippen molar-refractivity contribution in [2.24, 2.45) is 0 Å². The van der Waals surface area contributed by atoms with Gasteiger partial charge in [0, 0.05) is 19.0 Å². The first-order chi connectivity index (χ1) is 9.92. The fraction of sp³-hybridized carbons (Fsp3) is 0.158. The minimum Gasteiger partial charge on any atom is -0.312 e. The molecule has 0 aromatic heterocycles. The predicted octanol–water partition coefficient (Wildman–Crippen LogP) is 4.07. The summed E-state index contributed by atoms with van der Waals surface area (Å²) >= 11 is 0. The number of rotatable bonds is 1. The van der Waals surface area contributed by atoms with Gasteiger partial charge in [0.05, 0.1) is 0 Å². The number of hydrogen-bond donors (Lipinski definition) is 1. The summed E-state index contributed by atoms with van der Waals surface area (Å²) in [6.07, 6.45) is 0. The Morgan fingerprint density at radius 3 is 2.55 bits per heavy atom. The molecule has 0 unspecified atom stereocenters. The van der Waals surface area contributed by atoms with Crippen LogP contribution in [0.1, 0.15) is 22.6 Å². The van der Waals surface area contributed by atoms with Crippen LogP contribution in [0.25, 0.3) is 10.8 Å². The van der Waals surface area contributed by atoms with Crippen LogP contribution in [0.2, 0.25) is 0 Å². The lowest BCUT2D eigenvalue weighted by molar-refractivity contribution is 0.592. The second-order valence-electron chi connectivity index (χ2n) is 5.49. The van der Waals surface area contributed by atoms with Gasteiger partial charge in [0.2, 0.25) is 0 Å². The number of hydrogen-bond acceptors (Lipinski definition) is 1. The van der Waals surface area contributed by atoms with Crippen LogP contribution in [0.3, 0.4) is 0 Å². The molecule has 0 fully saturated rings. The maximum absolute atomic E-state index is 3.54. The summed E-state index contributed by atoms with van der Waals surface area (Å²) in [6, 6.07) is 24.2. The summed E-state index contributed by atoms with van der Waals surface area (Å²) in [5.74, 6) is 0.463. The van der Waals surface area contributed by atoms with Gasteiger partial charge in [0.1, 0.15) is 0 Å². The van der Waals surface area contributed by atoms with E-state index in [4.69, 9.17) is 0 Å². The van der Waals surface area contributed by atoms with Gasteiger partial charge in [-0.25, -0.2) is 0 Å². The monoisotopic (exact) mass is 259 g/mol. The summed E-state index contributed by atoms with van der Waals surface area (Å²) in [7, 11) is 0. The van der Waals surface area contributed by atoms with Crippen LogP contribution >= 0.6 is 0 Å². The highest BCUT2D eigenvalue weighted by Gasteiger charge is 2.20. The van der Waals surface area contributed by atoms with E-state index in [1.807, 2.05) is 0 Å². The summed E-state index contributed by atoms with van der Waals surface area (Å²) in [5, 5.41) is 6.18. The average Bonchev–Trinajstić information content (AvgIpc) is 2.54. The van der Waals surface area contributed by atoms with Gasteiger partial charge in [-0.2, -0.15) is 0 Å². The third kappa shape index (κ3) is 1.91. The molecule has 0 saturated heterocycles. The Bertz CT molecular complexity index is 760. The number of benzene rings is 3. The zero-order valence-corrected chi connectivity index (χ0v) is 11.3. The van der Waals surface area contributed by atoms with Crippen LogP contribution in [-0.2, 0) is 6.54 Å². The van der Waals surface area contributed by atoms with Crippen molar-refractivity contribution in [3.05, 3.63) is 83.4 Å². The first-order valence-electron chi connectivity index (χ1n) is 7.19. The summed E-state index contributed by atoms with van der Waals surface area (Å²) in [6.45, 7) is 2.01. The maximum atomic E-state index is 3.54. The molecule has 0 spiro atoms. The van der Waals surface area contributed by atoms with Crippen molar-refractivity contribution in [2.45, 2.75) is 12.5 Å². The smallest absolute Gasteiger partial charge is 0.0218 e. The minimum atomic E-state index is 0.463. The lowest BCUT2D eigenvalue weighted by Crippen LogP contribution is -2.28. The molecule has 1 heteroatoms. The molecule has 0 aliphatic carbocycles. The Kier molecular flexibility index (Phi) is 2.79. The Hall–Kier alpha value is -2.12. The van der Waals surface area contributed by atoms with Gasteiger partial charge >= 0.3 is 0 Å². The Morgan fingerprint density at radius 2 is 1.60 bits per heavy atom. The maximum Gasteiger partial charge on any atom is 0.0218 e. The lowest BCUT2D eigenvalue weighted by atomic mass is 9.85. The molecule has 0 radical (unpaired) electrons. The molecule has 3 aromatic carbocycles. The van der Waals surface area contributed by atoms with Crippen LogP contribution in [-0.4, -0.2) is 6.54 Å². The van der Waals surface area contributed by atoms with Gasteiger partial charge in [0.25, 0.3) is 0 Å². The van der Waals surface area contributed by atoms with Crippen molar-refractivity contribution in [3.8, 4) is 0 Å². The average molecular weight is 259 g/mol. The third-order valence-corrected chi connectivity index (χ3v) is 4.27. The van der Waals surface area contributed by atoms with Gasteiger partial charge in [0.15, 0.2) is 0 Å². The Labute approximate surface area is 119 Å². The van der Waals surface area contributed by atoms with Gasteiger partial charge in [-0.3, -0.25) is 0 Å². The van der Waals surface area contributed by atoms with Crippen molar-refractivity contribution in [3.63, 3.8) is 0 Å². The van der Waals surface area contributed by atoms with E-state index in [2.05, 4.69) is 72.0 Å². The van der Waals surface area contributed by atoms with Crippen LogP contribution in [0, 0.1) is 0 Å². The van der Waals surface area contributed by atoms with E-state index in [-0.39, 0.29) is 0 Å². The molecule has 0 amide bonds. The third-order valence-electron chi connectivity index (χ3n) is 4.27. The van der Waals surface area contributed by atoms with Crippen molar-refractivity contribution in [1.29, 1.82) is 0 Å². The summed E-state index contributed by atoms with van der Waals surface area (Å²) in [4.78, 5) is 0. The molecule has 0 saturated carbocycles. The van der Waals surface area contributed by atoms with E-state index in [1.54, 1.807) is 0 Å². The van der Waals surface area contributed by atoms with Gasteiger partial charge in [-0.15, -0.1) is 0 Å². The molecule has 3 aromatic rings. The molecule has 1 N–H and O–H groups in total. The fourth-order valence-corrected chi connectivity index (χ4v) is 3.22. The molecule has 1 nitrogen and oxygen atoms in total. The molecule has 1 aliphatic rings. The standard InChI is InChI=1S/C19H17N/c1-2-6-15-11-16(10-9-14(15)5-1)19-13-20-12-17-7-3-4-8-18(17)19/h1-11,19-20H,12-13H2/t19-/m1/s1. The normalized spacial score (nSPS) is 17.9. The van der Waals surface area contributed by atoms with Gasteiger partial charge < -0.3 is 5.32 Å². The van der Waals surface area contributed by atoms with E-state index in [1.165, 1.54) is 27.5 Å². The largest absolute Gasteiger partial charge is 0.312 e. The topological polar surface area (TPSA) is 12.0 Å². The van der Waals surface area contributed by atoms with Crippen LogP contribution in [0.5, 0.6) is 0 Å². The SMILES string of the molecule is c1ccc2c(c1)CNC[C@@H]2c1ccc2ccccc2c1. The molecule has 1 heterocycles. The van der Waals surface area contributed by atoms with Gasteiger partial charge in [-0.1, -0.05) is 66.7 Å². The molecule has 4 rings (SSSR count). The minimum absolute atomic E-state index is 0.463. The number of fused-ring (bicyclic) bond motifs is 2. The van der Waals surface area contributed by atoms with Crippen LogP contribution in [0.4, 0.5) is 0 Å². The van der Waals surface area contributed by atoms with E-state index >= 15 is 0 Å². The molecule has 98 valence electrons. The molecule has 20 heavy (non-hydrogen) atoms. The summed E-state index contributed by atoms with van der Waals surface area (Å²) in [5.41, 5.74) is 4.31. The highest BCUT2D eigenvalue weighted by molar-refractivity contribution is 5.83. The zero-order chi connectivity index (χ0) is 13.4. The second-order valence-corrected chi connectivity index (χ2v) is 5.49. The number of nitrogens with one attached hydrogen (secondary N) is 1. The molecule has 1 aliphatic heterocycles. The van der Waals surface area contributed by atoms with Crippen molar-refractivity contribution < 1.29 is 0 Å². The van der Waals surface area contributed by atoms with Crippen LogP contribution in [0.15, 0.2) is 66.7 Å². The van der Waals surface area contributed by atoms with Crippen molar-refractivity contribution in [1.82, 2.24) is 5.32 Å². The van der Waals surface area contributed by atoms with E-state index in [9.17, 15) is 0 Å². The molecule has 1 atom stereocenters. The first-order valence-corrected chi connectivity index (χ1v) is 7.19. The predicted molar refractivity (Wildman–Crippen MR) is 83.9 cm³/mol. The Morgan fingerprint density at radius 1 is 0.800 bits per heavy atom. The highest BCUT2D eigenvalue weighted by Crippen LogP contribution is 2.31. The molecular weight excluding hydrogens is 242 g/mol. The fourth-order valence-electron chi connectivity index (χ4n) is 3.22. The van der Waals surface area contributed by atoms with E-state index in [0.717, 1.165) is 13.1 Å². The van der Waals surface area contributed by atoms with Crippen LogP contribution < -0.4 is 5.32 Å².